The highest BCUT2D eigenvalue weighted by Crippen LogP contribution is 2.46. The normalized spacial score (nSPS) is 23.9. The molecule has 3 nitrogen and oxygen atoms in total. The minimum atomic E-state index is -0.593. The van der Waals surface area contributed by atoms with Crippen LogP contribution in [0.2, 0.25) is 0 Å². The Morgan fingerprint density at radius 2 is 2.14 bits per heavy atom. The van der Waals surface area contributed by atoms with Crippen LogP contribution in [0.3, 0.4) is 0 Å². The number of ether oxygens (including phenoxy) is 1. The molecule has 0 saturated carbocycles. The van der Waals surface area contributed by atoms with Crippen molar-refractivity contribution in [2.75, 3.05) is 6.54 Å². The maximum Gasteiger partial charge on any atom is 0.142 e. The molecule has 21 heavy (non-hydrogen) atoms. The summed E-state index contributed by atoms with van der Waals surface area (Å²) in [4.78, 5) is 1.28. The molecule has 2 aromatic rings. The lowest BCUT2D eigenvalue weighted by Gasteiger charge is -2.42. The van der Waals surface area contributed by atoms with E-state index in [-0.39, 0.29) is 6.04 Å². The Kier molecular flexibility index (Phi) is 3.72. The Morgan fingerprint density at radius 1 is 1.38 bits per heavy atom. The van der Waals surface area contributed by atoms with Crippen LogP contribution >= 0.6 is 11.3 Å². The molecule has 0 radical (unpaired) electrons. The summed E-state index contributed by atoms with van der Waals surface area (Å²) in [6.07, 6.45) is 0.482. The van der Waals surface area contributed by atoms with Gasteiger partial charge in [0.05, 0.1) is 10.7 Å². The number of aliphatic hydroxyl groups is 1. The molecular formula is C17H23NO2S. The van der Waals surface area contributed by atoms with E-state index in [1.807, 2.05) is 13.8 Å². The topological polar surface area (TPSA) is 41.5 Å². The van der Waals surface area contributed by atoms with Crippen LogP contribution in [-0.2, 0) is 0 Å². The second-order valence-electron chi connectivity index (χ2n) is 6.34. The molecule has 2 unspecified atom stereocenters. The van der Waals surface area contributed by atoms with Crippen LogP contribution in [0, 0.1) is 6.92 Å². The Morgan fingerprint density at radius 3 is 2.86 bits per heavy atom. The summed E-state index contributed by atoms with van der Waals surface area (Å²) in [6, 6.07) is 6.34. The molecule has 4 heteroatoms. The minimum absolute atomic E-state index is 0.0736. The maximum atomic E-state index is 10.7. The standard InChI is InChI=1S/C17H23NO2S/c1-5-8-18-13-12-7-6-11-9-10(2)21-15(11)14(12)20-17(3,4)16(13)19/h6-7,9,13,16,18-19H,5,8H2,1-4H3. The van der Waals surface area contributed by atoms with Crippen molar-refractivity contribution in [1.82, 2.24) is 5.32 Å². The third-order valence-corrected chi connectivity index (χ3v) is 5.20. The van der Waals surface area contributed by atoms with Gasteiger partial charge in [-0.15, -0.1) is 11.3 Å². The van der Waals surface area contributed by atoms with E-state index in [0.29, 0.717) is 0 Å². The van der Waals surface area contributed by atoms with Crippen molar-refractivity contribution < 1.29 is 9.84 Å². The van der Waals surface area contributed by atoms with E-state index in [1.165, 1.54) is 15.0 Å². The van der Waals surface area contributed by atoms with E-state index in [1.54, 1.807) is 11.3 Å². The van der Waals surface area contributed by atoms with Gasteiger partial charge in [0.2, 0.25) is 0 Å². The first-order chi connectivity index (χ1) is 9.94. The minimum Gasteiger partial charge on any atom is -0.483 e. The zero-order valence-electron chi connectivity index (χ0n) is 13.1. The van der Waals surface area contributed by atoms with E-state index < -0.39 is 11.7 Å². The molecule has 0 spiro atoms. The predicted molar refractivity (Wildman–Crippen MR) is 88.3 cm³/mol. The fraction of sp³-hybridized carbons (Fsp3) is 0.529. The molecule has 1 aliphatic rings. The van der Waals surface area contributed by atoms with Crippen molar-refractivity contribution in [1.29, 1.82) is 0 Å². The van der Waals surface area contributed by atoms with E-state index in [2.05, 4.69) is 37.4 Å². The van der Waals surface area contributed by atoms with Crippen LogP contribution in [-0.4, -0.2) is 23.4 Å². The number of thiophene rings is 1. The van der Waals surface area contributed by atoms with Crippen molar-refractivity contribution in [3.63, 3.8) is 0 Å². The highest BCUT2D eigenvalue weighted by molar-refractivity contribution is 7.19. The molecule has 1 aromatic heterocycles. The van der Waals surface area contributed by atoms with Gasteiger partial charge in [-0.2, -0.15) is 0 Å². The average molecular weight is 305 g/mol. The van der Waals surface area contributed by atoms with Crippen molar-refractivity contribution in [2.45, 2.75) is 51.9 Å². The number of hydrogen-bond acceptors (Lipinski definition) is 4. The fourth-order valence-electron chi connectivity index (χ4n) is 2.99. The van der Waals surface area contributed by atoms with Crippen LogP contribution in [0.25, 0.3) is 10.1 Å². The summed E-state index contributed by atoms with van der Waals surface area (Å²) >= 11 is 1.76. The van der Waals surface area contributed by atoms with Gasteiger partial charge >= 0.3 is 0 Å². The van der Waals surface area contributed by atoms with Crippen LogP contribution < -0.4 is 10.1 Å². The highest BCUT2D eigenvalue weighted by Gasteiger charge is 2.43. The van der Waals surface area contributed by atoms with E-state index in [0.717, 1.165) is 24.3 Å². The van der Waals surface area contributed by atoms with Crippen LogP contribution in [0.15, 0.2) is 18.2 Å². The molecule has 0 amide bonds. The summed E-state index contributed by atoms with van der Waals surface area (Å²) in [5.41, 5.74) is 0.481. The van der Waals surface area contributed by atoms with Gasteiger partial charge < -0.3 is 15.2 Å². The monoisotopic (exact) mass is 305 g/mol. The molecule has 2 heterocycles. The SMILES string of the molecule is CCCNC1c2ccc3cc(C)sc3c2OC(C)(C)C1O. The van der Waals surface area contributed by atoms with Crippen LogP contribution in [0.1, 0.15) is 43.7 Å². The molecule has 2 N–H and O–H groups in total. The lowest BCUT2D eigenvalue weighted by atomic mass is 9.86. The largest absolute Gasteiger partial charge is 0.483 e. The van der Waals surface area contributed by atoms with Crippen LogP contribution in [0.4, 0.5) is 0 Å². The fourth-order valence-corrected chi connectivity index (χ4v) is 3.99. The molecule has 0 aliphatic carbocycles. The molecular weight excluding hydrogens is 282 g/mol. The van der Waals surface area contributed by atoms with E-state index >= 15 is 0 Å². The maximum absolute atomic E-state index is 10.7. The summed E-state index contributed by atoms with van der Waals surface area (Å²) in [6.45, 7) is 9.06. The van der Waals surface area contributed by atoms with E-state index in [9.17, 15) is 5.11 Å². The second kappa shape index (κ2) is 5.27. The smallest absolute Gasteiger partial charge is 0.142 e. The summed E-state index contributed by atoms with van der Waals surface area (Å²) in [5.74, 6) is 0.939. The first-order valence-corrected chi connectivity index (χ1v) is 8.39. The number of hydrogen-bond donors (Lipinski definition) is 2. The number of fused-ring (bicyclic) bond motifs is 3. The first-order valence-electron chi connectivity index (χ1n) is 7.57. The zero-order valence-corrected chi connectivity index (χ0v) is 13.9. The van der Waals surface area contributed by atoms with Crippen molar-refractivity contribution in [2.24, 2.45) is 0 Å². The Balaban J connectivity index is 2.15. The van der Waals surface area contributed by atoms with Gasteiger partial charge in [-0.3, -0.25) is 0 Å². The Bertz CT molecular complexity index is 662. The molecule has 0 bridgehead atoms. The van der Waals surface area contributed by atoms with E-state index in [4.69, 9.17) is 4.74 Å². The number of benzene rings is 1. The summed E-state index contributed by atoms with van der Waals surface area (Å²) in [7, 11) is 0. The van der Waals surface area contributed by atoms with Crippen molar-refractivity contribution >= 4 is 21.4 Å². The predicted octanol–water partition coefficient (Wildman–Crippen LogP) is 3.78. The molecule has 114 valence electrons. The quantitative estimate of drug-likeness (QED) is 0.906. The van der Waals surface area contributed by atoms with Gasteiger partial charge in [0.25, 0.3) is 0 Å². The average Bonchev–Trinajstić information content (AvgIpc) is 2.80. The third kappa shape index (κ3) is 2.45. The first kappa shape index (κ1) is 14.8. The van der Waals surface area contributed by atoms with Gasteiger partial charge in [0.1, 0.15) is 17.5 Å². The lowest BCUT2D eigenvalue weighted by molar-refractivity contribution is -0.0633. The number of rotatable bonds is 3. The number of aliphatic hydroxyl groups excluding tert-OH is 1. The van der Waals surface area contributed by atoms with Gasteiger partial charge in [0.15, 0.2) is 0 Å². The zero-order chi connectivity index (χ0) is 15.2. The van der Waals surface area contributed by atoms with Crippen molar-refractivity contribution in [3.05, 3.63) is 28.6 Å². The second-order valence-corrected chi connectivity index (χ2v) is 7.60. The molecule has 3 rings (SSSR count). The summed E-state index contributed by atoms with van der Waals surface area (Å²) < 4.78 is 7.38. The highest BCUT2D eigenvalue weighted by atomic mass is 32.1. The lowest BCUT2D eigenvalue weighted by Crippen LogP contribution is -2.52. The molecule has 2 atom stereocenters. The van der Waals surface area contributed by atoms with Gasteiger partial charge in [-0.05, 0) is 45.2 Å². The number of nitrogens with one attached hydrogen (secondary N) is 1. The Hall–Kier alpha value is -1.10. The number of aryl methyl sites for hydroxylation is 1. The van der Waals surface area contributed by atoms with Crippen LogP contribution in [0.5, 0.6) is 5.75 Å². The molecule has 1 aliphatic heterocycles. The molecule has 1 aromatic carbocycles. The van der Waals surface area contributed by atoms with Crippen molar-refractivity contribution in [3.8, 4) is 5.75 Å². The van der Waals surface area contributed by atoms with Gasteiger partial charge in [0, 0.05) is 10.4 Å². The Labute approximate surface area is 129 Å². The molecule has 0 fully saturated rings. The third-order valence-electron chi connectivity index (χ3n) is 4.14. The van der Waals surface area contributed by atoms with Gasteiger partial charge in [-0.25, -0.2) is 0 Å². The summed E-state index contributed by atoms with van der Waals surface area (Å²) in [5, 5.41) is 15.4. The van der Waals surface area contributed by atoms with Gasteiger partial charge in [-0.1, -0.05) is 19.1 Å². The molecule has 0 saturated heterocycles.